The molecule has 0 saturated heterocycles. The van der Waals surface area contributed by atoms with E-state index in [0.29, 0.717) is 29.9 Å². The van der Waals surface area contributed by atoms with E-state index in [9.17, 15) is 14.9 Å². The maximum absolute atomic E-state index is 13.0. The first kappa shape index (κ1) is 14.5. The molecular weight excluding hydrogens is 306 g/mol. The molecule has 0 bridgehead atoms. The number of Topliss-reactive ketones (excluding diaryl/α,β-unsaturated/α-hetero) is 1. The maximum atomic E-state index is 13.0. The van der Waals surface area contributed by atoms with Gasteiger partial charge in [0.15, 0.2) is 5.78 Å². The van der Waals surface area contributed by atoms with Gasteiger partial charge in [0, 0.05) is 24.1 Å². The summed E-state index contributed by atoms with van der Waals surface area (Å²) in [5.41, 5.74) is 5.87. The standard InChI is InChI=1S/C18H15N3O3/c1-9-6-13(22)15-14(7-9)24-16(20)11(8-19)18(15)10-4-2-3-5-12(10)21-17(18)23/h2-5,9H,6-7,20H2,1H3,(H,21,23)/t9-,18-/m1/s1. The number of ether oxygens (including phenoxy) is 1. The van der Waals surface area contributed by atoms with E-state index in [2.05, 4.69) is 5.32 Å². The molecule has 0 saturated carbocycles. The van der Waals surface area contributed by atoms with Crippen molar-refractivity contribution in [2.75, 3.05) is 5.32 Å². The summed E-state index contributed by atoms with van der Waals surface area (Å²) in [4.78, 5) is 25.8. The van der Waals surface area contributed by atoms with E-state index in [0.717, 1.165) is 0 Å². The molecule has 0 aromatic heterocycles. The average molecular weight is 321 g/mol. The number of para-hydroxylation sites is 1. The molecule has 1 amide bonds. The van der Waals surface area contributed by atoms with E-state index in [1.807, 2.05) is 13.0 Å². The lowest BCUT2D eigenvalue weighted by atomic mass is 9.64. The lowest BCUT2D eigenvalue weighted by Gasteiger charge is -2.38. The average Bonchev–Trinajstić information content (AvgIpc) is 2.80. The van der Waals surface area contributed by atoms with Gasteiger partial charge in [-0.05, 0) is 12.0 Å². The molecule has 6 nitrogen and oxygen atoms in total. The quantitative estimate of drug-likeness (QED) is 0.758. The number of ketones is 1. The molecule has 1 aliphatic carbocycles. The molecule has 1 spiro atoms. The summed E-state index contributed by atoms with van der Waals surface area (Å²) in [6.07, 6.45) is 0.829. The fourth-order valence-corrected chi connectivity index (χ4v) is 3.96. The Hall–Kier alpha value is -3.07. The number of nitrogens with one attached hydrogen (secondary N) is 1. The molecule has 0 unspecified atom stereocenters. The highest BCUT2D eigenvalue weighted by Gasteiger charge is 2.60. The summed E-state index contributed by atoms with van der Waals surface area (Å²) in [5, 5.41) is 12.5. The second-order valence-corrected chi connectivity index (χ2v) is 6.44. The summed E-state index contributed by atoms with van der Waals surface area (Å²) in [7, 11) is 0. The number of rotatable bonds is 0. The van der Waals surface area contributed by atoms with Gasteiger partial charge in [-0.25, -0.2) is 0 Å². The Kier molecular flexibility index (Phi) is 2.85. The van der Waals surface area contributed by atoms with Crippen LogP contribution in [0.1, 0.15) is 25.3 Å². The number of amides is 1. The van der Waals surface area contributed by atoms with Crippen LogP contribution < -0.4 is 11.1 Å². The Bertz CT molecular complexity index is 906. The van der Waals surface area contributed by atoms with Gasteiger partial charge in [-0.2, -0.15) is 5.26 Å². The van der Waals surface area contributed by atoms with Crippen molar-refractivity contribution in [2.45, 2.75) is 25.2 Å². The van der Waals surface area contributed by atoms with Crippen LogP contribution in [0, 0.1) is 17.2 Å². The second kappa shape index (κ2) is 4.71. The second-order valence-electron chi connectivity index (χ2n) is 6.44. The van der Waals surface area contributed by atoms with Crippen molar-refractivity contribution in [2.24, 2.45) is 11.7 Å². The molecule has 120 valence electrons. The number of allylic oxidation sites excluding steroid dienone is 1. The summed E-state index contributed by atoms with van der Waals surface area (Å²) in [6.45, 7) is 1.94. The molecule has 2 atom stereocenters. The zero-order valence-electron chi connectivity index (χ0n) is 13.1. The Morgan fingerprint density at radius 2 is 2.08 bits per heavy atom. The predicted octanol–water partition coefficient (Wildman–Crippen LogP) is 1.85. The van der Waals surface area contributed by atoms with Crippen molar-refractivity contribution in [3.63, 3.8) is 0 Å². The fourth-order valence-electron chi connectivity index (χ4n) is 3.96. The molecule has 1 aromatic carbocycles. The molecule has 2 aliphatic heterocycles. The third-order valence-electron chi connectivity index (χ3n) is 4.89. The maximum Gasteiger partial charge on any atom is 0.245 e. The lowest BCUT2D eigenvalue weighted by molar-refractivity contribution is -0.123. The third kappa shape index (κ3) is 1.59. The van der Waals surface area contributed by atoms with E-state index in [1.165, 1.54) is 0 Å². The van der Waals surface area contributed by atoms with Gasteiger partial charge in [-0.15, -0.1) is 0 Å². The Morgan fingerprint density at radius 1 is 1.33 bits per heavy atom. The highest BCUT2D eigenvalue weighted by atomic mass is 16.5. The highest BCUT2D eigenvalue weighted by Crippen LogP contribution is 2.54. The Labute approximate surface area is 138 Å². The number of nitrogens with zero attached hydrogens (tertiary/aromatic N) is 1. The summed E-state index contributed by atoms with van der Waals surface area (Å²) in [5.74, 6) is -0.200. The third-order valence-corrected chi connectivity index (χ3v) is 4.89. The first-order chi connectivity index (χ1) is 11.5. The number of carbonyl (C=O) groups excluding carboxylic acids is 2. The Balaban J connectivity index is 2.10. The highest BCUT2D eigenvalue weighted by molar-refractivity contribution is 6.19. The summed E-state index contributed by atoms with van der Waals surface area (Å²) >= 11 is 0. The zero-order chi connectivity index (χ0) is 17.1. The van der Waals surface area contributed by atoms with Crippen molar-refractivity contribution in [3.8, 4) is 6.07 Å². The molecule has 0 radical (unpaired) electrons. The zero-order valence-corrected chi connectivity index (χ0v) is 13.1. The molecule has 4 rings (SSSR count). The number of anilines is 1. The molecule has 2 heterocycles. The lowest BCUT2D eigenvalue weighted by Crippen LogP contribution is -2.47. The van der Waals surface area contributed by atoms with Gasteiger partial charge in [0.2, 0.25) is 11.8 Å². The minimum atomic E-state index is -1.50. The molecule has 0 fully saturated rings. The van der Waals surface area contributed by atoms with Gasteiger partial charge in [0.25, 0.3) is 0 Å². The van der Waals surface area contributed by atoms with Crippen molar-refractivity contribution >= 4 is 17.4 Å². The number of hydrogen-bond acceptors (Lipinski definition) is 5. The number of benzene rings is 1. The number of hydrogen-bond donors (Lipinski definition) is 2. The van der Waals surface area contributed by atoms with Crippen molar-refractivity contribution in [1.82, 2.24) is 0 Å². The molecule has 3 N–H and O–H groups in total. The van der Waals surface area contributed by atoms with E-state index in [-0.39, 0.29) is 28.7 Å². The first-order valence-electron chi connectivity index (χ1n) is 7.76. The first-order valence-corrected chi connectivity index (χ1v) is 7.76. The van der Waals surface area contributed by atoms with Crippen LogP contribution in [0.2, 0.25) is 0 Å². The van der Waals surface area contributed by atoms with Crippen molar-refractivity contribution < 1.29 is 14.3 Å². The van der Waals surface area contributed by atoms with Crippen LogP contribution in [0.5, 0.6) is 0 Å². The van der Waals surface area contributed by atoms with Gasteiger partial charge >= 0.3 is 0 Å². The van der Waals surface area contributed by atoms with Crippen LogP contribution in [0.3, 0.4) is 0 Å². The van der Waals surface area contributed by atoms with Gasteiger partial charge in [-0.3, -0.25) is 9.59 Å². The van der Waals surface area contributed by atoms with Crippen LogP contribution in [-0.2, 0) is 19.7 Å². The number of nitriles is 1. The number of fused-ring (bicyclic) bond motifs is 3. The minimum absolute atomic E-state index is 0.0217. The smallest absolute Gasteiger partial charge is 0.245 e. The molecule has 1 aromatic rings. The van der Waals surface area contributed by atoms with Gasteiger partial charge in [-0.1, -0.05) is 25.1 Å². The van der Waals surface area contributed by atoms with E-state index < -0.39 is 11.3 Å². The SMILES string of the molecule is C[C@@H]1CC(=O)C2=C(C1)OC(N)=C(C#N)[C@@]21C(=O)Nc2ccccc21. The molecule has 3 aliphatic rings. The molecular formula is C18H15N3O3. The minimum Gasteiger partial charge on any atom is -0.444 e. The Morgan fingerprint density at radius 3 is 2.83 bits per heavy atom. The van der Waals surface area contributed by atoms with Crippen LogP contribution >= 0.6 is 0 Å². The van der Waals surface area contributed by atoms with E-state index >= 15 is 0 Å². The van der Waals surface area contributed by atoms with Crippen LogP contribution in [0.15, 0.2) is 47.1 Å². The monoisotopic (exact) mass is 321 g/mol. The van der Waals surface area contributed by atoms with Crippen LogP contribution in [-0.4, -0.2) is 11.7 Å². The van der Waals surface area contributed by atoms with Gasteiger partial charge < -0.3 is 15.8 Å². The van der Waals surface area contributed by atoms with E-state index in [1.54, 1.807) is 24.3 Å². The summed E-state index contributed by atoms with van der Waals surface area (Å²) in [6, 6.07) is 9.07. The number of carbonyl (C=O) groups is 2. The van der Waals surface area contributed by atoms with Crippen LogP contribution in [0.25, 0.3) is 0 Å². The normalized spacial score (nSPS) is 28.2. The van der Waals surface area contributed by atoms with Gasteiger partial charge in [0.05, 0.1) is 5.57 Å². The van der Waals surface area contributed by atoms with E-state index in [4.69, 9.17) is 10.5 Å². The summed E-state index contributed by atoms with van der Waals surface area (Å²) < 4.78 is 5.60. The largest absolute Gasteiger partial charge is 0.444 e. The van der Waals surface area contributed by atoms with Crippen LogP contribution in [0.4, 0.5) is 5.69 Å². The molecule has 24 heavy (non-hydrogen) atoms. The van der Waals surface area contributed by atoms with Crippen molar-refractivity contribution in [1.29, 1.82) is 5.26 Å². The van der Waals surface area contributed by atoms with Crippen molar-refractivity contribution in [3.05, 3.63) is 52.6 Å². The van der Waals surface area contributed by atoms with Gasteiger partial charge in [0.1, 0.15) is 22.8 Å². The molecule has 6 heteroatoms. The number of nitrogens with two attached hydrogens (primary N) is 1. The topological polar surface area (TPSA) is 105 Å². The fraction of sp³-hybridized carbons (Fsp3) is 0.278. The predicted molar refractivity (Wildman–Crippen MR) is 85.1 cm³/mol.